The van der Waals surface area contributed by atoms with Gasteiger partial charge in [-0.05, 0) is 79.3 Å². The van der Waals surface area contributed by atoms with Gasteiger partial charge in [0.1, 0.15) is 18.1 Å². The molecule has 0 fully saturated rings. The number of halogens is 2. The Morgan fingerprint density at radius 1 is 1.24 bits per heavy atom. The van der Waals surface area contributed by atoms with Crippen LogP contribution in [0.25, 0.3) is 6.08 Å². The monoisotopic (exact) mass is 662 g/mol. The van der Waals surface area contributed by atoms with Gasteiger partial charge in [0.2, 0.25) is 0 Å². The summed E-state index contributed by atoms with van der Waals surface area (Å²) in [6.45, 7) is 6.18. The first-order valence-electron chi connectivity index (χ1n) is 11.8. The van der Waals surface area contributed by atoms with E-state index in [4.69, 9.17) is 32.2 Å². The lowest BCUT2D eigenvalue weighted by molar-refractivity contribution is -0.139. The molecule has 0 bridgehead atoms. The normalized spacial score (nSPS) is 14.9. The molecule has 196 valence electrons. The lowest BCUT2D eigenvalue weighted by Crippen LogP contribution is -2.39. The van der Waals surface area contributed by atoms with Gasteiger partial charge in [-0.1, -0.05) is 41.0 Å². The molecular formula is C28H24ClIN2O5S. The van der Waals surface area contributed by atoms with E-state index in [0.717, 1.165) is 9.13 Å². The molecule has 0 amide bonds. The number of rotatable bonds is 8. The minimum absolute atomic E-state index is 0.0690. The van der Waals surface area contributed by atoms with Crippen LogP contribution in [0.15, 0.2) is 57.5 Å². The number of carbonyl (C=O) groups is 1. The Labute approximate surface area is 242 Å². The maximum atomic E-state index is 13.9. The summed E-state index contributed by atoms with van der Waals surface area (Å²) >= 11 is 9.65. The largest absolute Gasteiger partial charge is 0.494 e. The van der Waals surface area contributed by atoms with Gasteiger partial charge < -0.3 is 14.2 Å². The van der Waals surface area contributed by atoms with E-state index in [2.05, 4.69) is 33.5 Å². The number of fused-ring (bicyclic) bond motifs is 1. The number of thiazole rings is 1. The van der Waals surface area contributed by atoms with Crippen LogP contribution in [0, 0.1) is 15.9 Å². The fourth-order valence-corrected chi connectivity index (χ4v) is 6.37. The highest BCUT2D eigenvalue weighted by Crippen LogP contribution is 2.32. The summed E-state index contributed by atoms with van der Waals surface area (Å²) in [6, 6.07) is 10.1. The fraction of sp³-hybridized carbons (Fsp3) is 0.250. The van der Waals surface area contributed by atoms with Crippen LogP contribution >= 0.6 is 45.5 Å². The van der Waals surface area contributed by atoms with E-state index < -0.39 is 12.0 Å². The summed E-state index contributed by atoms with van der Waals surface area (Å²) < 4.78 is 19.4. The first kappa shape index (κ1) is 28.0. The number of hydrogen-bond acceptors (Lipinski definition) is 7. The molecule has 1 aliphatic heterocycles. The first-order valence-corrected chi connectivity index (χ1v) is 14.0. The molecule has 0 unspecified atom stereocenters. The average Bonchev–Trinajstić information content (AvgIpc) is 3.17. The standard InChI is InChI=1S/C28H24ClIN2O5S/c1-5-12-37-25-18(13-19(29)15-21(25)30)14-22-26(33)32-24(17-8-10-20(11-9-17)35-6-2)23(27(34)36-7-3)16(4)31-28(32)38-22/h1,8-11,13-15,24H,6-7,12H2,2-4H3/b22-14-/t24-/m0/s1. The van der Waals surface area contributed by atoms with E-state index in [1.54, 1.807) is 32.1 Å². The van der Waals surface area contributed by atoms with Gasteiger partial charge >= 0.3 is 5.97 Å². The Morgan fingerprint density at radius 3 is 2.63 bits per heavy atom. The van der Waals surface area contributed by atoms with Crippen molar-refractivity contribution in [2.24, 2.45) is 4.99 Å². The Kier molecular flexibility index (Phi) is 8.97. The van der Waals surface area contributed by atoms with Crippen LogP contribution in [-0.2, 0) is 9.53 Å². The van der Waals surface area contributed by atoms with Crippen molar-refractivity contribution in [3.8, 4) is 23.8 Å². The third-order valence-corrected chi connectivity index (χ3v) is 7.65. The van der Waals surface area contributed by atoms with E-state index in [-0.39, 0.29) is 18.8 Å². The van der Waals surface area contributed by atoms with Crippen molar-refractivity contribution in [3.63, 3.8) is 0 Å². The van der Waals surface area contributed by atoms with Crippen LogP contribution in [0.4, 0.5) is 0 Å². The van der Waals surface area contributed by atoms with Gasteiger partial charge in [-0.3, -0.25) is 9.36 Å². The van der Waals surface area contributed by atoms with Crippen LogP contribution < -0.4 is 24.4 Å². The first-order chi connectivity index (χ1) is 18.3. The van der Waals surface area contributed by atoms with Crippen LogP contribution in [0.1, 0.15) is 37.9 Å². The Bertz CT molecular complexity index is 1630. The minimum atomic E-state index is -0.722. The molecule has 4 rings (SSSR count). The average molecular weight is 663 g/mol. The number of nitrogens with zero attached hydrogens (tertiary/aromatic N) is 2. The molecular weight excluding hydrogens is 639 g/mol. The van der Waals surface area contributed by atoms with Gasteiger partial charge in [-0.25, -0.2) is 9.79 Å². The number of terminal acetylenes is 1. The van der Waals surface area contributed by atoms with Crippen molar-refractivity contribution in [1.82, 2.24) is 4.57 Å². The second-order valence-corrected chi connectivity index (χ2v) is 10.7. The third-order valence-electron chi connectivity index (χ3n) is 5.65. The molecule has 0 aliphatic carbocycles. The van der Waals surface area contributed by atoms with Crippen molar-refractivity contribution >= 4 is 57.6 Å². The Hall–Kier alpha value is -3.07. The molecule has 3 aromatic rings. The van der Waals surface area contributed by atoms with E-state index in [1.165, 1.54) is 15.9 Å². The zero-order valence-corrected chi connectivity index (χ0v) is 24.6. The number of carbonyl (C=O) groups excluding carboxylic acids is 1. The summed E-state index contributed by atoms with van der Waals surface area (Å²) in [5.41, 5.74) is 1.84. The highest BCUT2D eigenvalue weighted by Gasteiger charge is 2.33. The van der Waals surface area contributed by atoms with Crippen molar-refractivity contribution in [2.75, 3.05) is 19.8 Å². The lowest BCUT2D eigenvalue weighted by Gasteiger charge is -2.24. The Balaban J connectivity index is 1.94. The highest BCUT2D eigenvalue weighted by molar-refractivity contribution is 14.1. The number of benzene rings is 2. The van der Waals surface area contributed by atoms with Crippen molar-refractivity contribution in [2.45, 2.75) is 26.8 Å². The molecule has 0 radical (unpaired) electrons. The predicted molar refractivity (Wildman–Crippen MR) is 157 cm³/mol. The smallest absolute Gasteiger partial charge is 0.338 e. The van der Waals surface area contributed by atoms with Gasteiger partial charge in [-0.2, -0.15) is 0 Å². The van der Waals surface area contributed by atoms with E-state index >= 15 is 0 Å². The topological polar surface area (TPSA) is 79.1 Å². The number of ether oxygens (including phenoxy) is 3. The zero-order chi connectivity index (χ0) is 27.4. The molecule has 2 aromatic carbocycles. The third kappa shape index (κ3) is 5.67. The summed E-state index contributed by atoms with van der Waals surface area (Å²) in [7, 11) is 0. The van der Waals surface area contributed by atoms with Gasteiger partial charge in [0, 0.05) is 10.6 Å². The molecule has 7 nitrogen and oxygen atoms in total. The molecule has 38 heavy (non-hydrogen) atoms. The van der Waals surface area contributed by atoms with Gasteiger partial charge in [-0.15, -0.1) is 6.42 Å². The number of hydrogen-bond donors (Lipinski definition) is 0. The van der Waals surface area contributed by atoms with E-state index in [0.29, 0.717) is 49.3 Å². The molecule has 1 atom stereocenters. The van der Waals surface area contributed by atoms with Gasteiger partial charge in [0.15, 0.2) is 4.80 Å². The number of aromatic nitrogens is 1. The summed E-state index contributed by atoms with van der Waals surface area (Å²) in [5.74, 6) is 3.16. The molecule has 10 heteroatoms. The van der Waals surface area contributed by atoms with Crippen molar-refractivity contribution in [1.29, 1.82) is 0 Å². The number of esters is 1. The molecule has 1 aliphatic rings. The Morgan fingerprint density at radius 2 is 1.97 bits per heavy atom. The SMILES string of the molecule is C#CCOc1c(I)cc(Cl)cc1/C=c1\sc2n(c1=O)[C@@H](c1ccc(OCC)cc1)C(C(=O)OCC)=C(C)N=2. The van der Waals surface area contributed by atoms with Crippen molar-refractivity contribution in [3.05, 3.63) is 87.1 Å². The molecule has 0 N–H and O–H groups in total. The van der Waals surface area contributed by atoms with Crippen LogP contribution in [-0.4, -0.2) is 30.4 Å². The molecule has 0 saturated carbocycles. The molecule has 0 spiro atoms. The van der Waals surface area contributed by atoms with Crippen LogP contribution in [0.3, 0.4) is 0 Å². The molecule has 1 aromatic heterocycles. The quantitative estimate of drug-likeness (QED) is 0.202. The van der Waals surface area contributed by atoms with Crippen LogP contribution in [0.5, 0.6) is 11.5 Å². The summed E-state index contributed by atoms with van der Waals surface area (Å²) in [4.78, 5) is 32.0. The molecule has 2 heterocycles. The predicted octanol–water partition coefficient (Wildman–Crippen LogP) is 4.47. The zero-order valence-electron chi connectivity index (χ0n) is 20.9. The van der Waals surface area contributed by atoms with Gasteiger partial charge in [0.05, 0.1) is 38.6 Å². The molecule has 0 saturated heterocycles. The number of allylic oxidation sites excluding steroid dienone is 1. The van der Waals surface area contributed by atoms with Crippen LogP contribution in [0.2, 0.25) is 5.02 Å². The lowest BCUT2D eigenvalue weighted by atomic mass is 9.96. The second kappa shape index (κ2) is 12.2. The summed E-state index contributed by atoms with van der Waals surface area (Å²) in [6.07, 6.45) is 7.10. The minimum Gasteiger partial charge on any atom is -0.494 e. The van der Waals surface area contributed by atoms with E-state index in [9.17, 15) is 9.59 Å². The van der Waals surface area contributed by atoms with E-state index in [1.807, 2.05) is 31.2 Å². The van der Waals surface area contributed by atoms with Crippen molar-refractivity contribution < 1.29 is 19.0 Å². The fourth-order valence-electron chi connectivity index (χ4n) is 4.11. The highest BCUT2D eigenvalue weighted by atomic mass is 127. The second-order valence-electron chi connectivity index (χ2n) is 8.10. The maximum absolute atomic E-state index is 13.9. The van der Waals surface area contributed by atoms with Gasteiger partial charge in [0.25, 0.3) is 5.56 Å². The summed E-state index contributed by atoms with van der Waals surface area (Å²) in [5, 5.41) is 0.495. The maximum Gasteiger partial charge on any atom is 0.338 e.